The highest BCUT2D eigenvalue weighted by atomic mass is 35.5. The molecule has 0 radical (unpaired) electrons. The van der Waals surface area contributed by atoms with E-state index >= 15 is 0 Å². The van der Waals surface area contributed by atoms with Crippen LogP contribution in [0, 0.1) is 19.3 Å². The molecule has 19 heavy (non-hydrogen) atoms. The van der Waals surface area contributed by atoms with E-state index in [2.05, 4.69) is 42.9 Å². The summed E-state index contributed by atoms with van der Waals surface area (Å²) in [5.74, 6) is 1.99. The van der Waals surface area contributed by atoms with Crippen LogP contribution in [-0.4, -0.2) is 9.97 Å². The number of halogens is 1. The highest BCUT2D eigenvalue weighted by molar-refractivity contribution is 6.30. The Balaban J connectivity index is 1.99. The molecule has 2 atom stereocenters. The molecule has 0 aliphatic heterocycles. The maximum absolute atomic E-state index is 6.12. The number of benzene rings is 1. The number of H-pyrrole nitrogens is 1. The van der Waals surface area contributed by atoms with Gasteiger partial charge in [0.25, 0.3) is 0 Å². The molecule has 1 aliphatic carbocycles. The Morgan fingerprint density at radius 1 is 1.21 bits per heavy atom. The minimum atomic E-state index is 0.247. The van der Waals surface area contributed by atoms with Gasteiger partial charge in [0.05, 0.1) is 5.69 Å². The van der Waals surface area contributed by atoms with Crippen LogP contribution in [0.1, 0.15) is 48.5 Å². The van der Waals surface area contributed by atoms with Crippen molar-refractivity contribution in [1.82, 2.24) is 9.97 Å². The zero-order chi connectivity index (χ0) is 13.8. The Kier molecular flexibility index (Phi) is 2.75. The van der Waals surface area contributed by atoms with Crippen LogP contribution in [0.5, 0.6) is 0 Å². The number of rotatable bonds is 2. The molecule has 1 fully saturated rings. The van der Waals surface area contributed by atoms with E-state index in [1.165, 1.54) is 17.0 Å². The average Bonchev–Trinajstić information content (AvgIpc) is 2.72. The van der Waals surface area contributed by atoms with Gasteiger partial charge in [0.15, 0.2) is 0 Å². The molecule has 1 aromatic heterocycles. The lowest BCUT2D eigenvalue weighted by molar-refractivity contribution is 0.597. The predicted molar refractivity (Wildman–Crippen MR) is 78.8 cm³/mol. The van der Waals surface area contributed by atoms with E-state index in [4.69, 9.17) is 11.6 Å². The summed E-state index contributed by atoms with van der Waals surface area (Å²) >= 11 is 6.12. The fraction of sp³-hybridized carbons (Fsp3) is 0.438. The molecule has 3 rings (SSSR count). The zero-order valence-electron chi connectivity index (χ0n) is 11.8. The molecule has 1 aliphatic rings. The molecular formula is C16H19ClN2. The van der Waals surface area contributed by atoms with Crippen LogP contribution in [0.4, 0.5) is 0 Å². The van der Waals surface area contributed by atoms with Crippen molar-refractivity contribution in [3.8, 4) is 0 Å². The molecule has 2 nitrogen and oxygen atoms in total. The number of aryl methyl sites for hydroxylation is 2. The van der Waals surface area contributed by atoms with Crippen molar-refractivity contribution >= 4 is 11.6 Å². The number of nitrogens with one attached hydrogen (secondary N) is 1. The summed E-state index contributed by atoms with van der Waals surface area (Å²) in [4.78, 5) is 7.99. The third-order valence-corrected chi connectivity index (χ3v) is 4.61. The van der Waals surface area contributed by atoms with Crippen LogP contribution in [0.25, 0.3) is 0 Å². The zero-order valence-corrected chi connectivity index (χ0v) is 12.5. The summed E-state index contributed by atoms with van der Waals surface area (Å²) in [5.41, 5.74) is 3.98. The van der Waals surface area contributed by atoms with Crippen LogP contribution >= 0.6 is 11.6 Å². The second kappa shape index (κ2) is 4.11. The number of aromatic amines is 1. The molecule has 1 aromatic carbocycles. The first-order valence-electron chi connectivity index (χ1n) is 6.70. The molecule has 2 aromatic rings. The Labute approximate surface area is 119 Å². The molecule has 3 heteroatoms. The average molecular weight is 275 g/mol. The van der Waals surface area contributed by atoms with Crippen molar-refractivity contribution in [3.05, 3.63) is 52.1 Å². The van der Waals surface area contributed by atoms with Crippen LogP contribution in [0.15, 0.2) is 24.3 Å². The molecule has 1 heterocycles. The first kappa shape index (κ1) is 12.7. The summed E-state index contributed by atoms with van der Waals surface area (Å²) in [7, 11) is 0. The van der Waals surface area contributed by atoms with Gasteiger partial charge in [0, 0.05) is 16.6 Å². The molecular weight excluding hydrogens is 256 g/mol. The van der Waals surface area contributed by atoms with Crippen molar-refractivity contribution < 1.29 is 0 Å². The fourth-order valence-corrected chi connectivity index (χ4v) is 3.60. The van der Waals surface area contributed by atoms with Crippen LogP contribution in [0.3, 0.4) is 0 Å². The summed E-state index contributed by atoms with van der Waals surface area (Å²) in [6.07, 6.45) is 0. The van der Waals surface area contributed by atoms with Crippen LogP contribution < -0.4 is 0 Å². The van der Waals surface area contributed by atoms with E-state index in [0.29, 0.717) is 11.8 Å². The number of hydrogen-bond acceptors (Lipinski definition) is 1. The van der Waals surface area contributed by atoms with Gasteiger partial charge in [-0.1, -0.05) is 37.6 Å². The number of hydrogen-bond donors (Lipinski definition) is 1. The predicted octanol–water partition coefficient (Wildman–Crippen LogP) is 4.59. The smallest absolute Gasteiger partial charge is 0.103 e. The lowest BCUT2D eigenvalue weighted by atomic mass is 10.0. The van der Waals surface area contributed by atoms with E-state index < -0.39 is 0 Å². The van der Waals surface area contributed by atoms with Crippen molar-refractivity contribution in [2.24, 2.45) is 5.41 Å². The number of nitrogens with zero attached hydrogens (tertiary/aromatic N) is 1. The van der Waals surface area contributed by atoms with E-state index in [-0.39, 0.29) is 5.41 Å². The normalized spacial score (nSPS) is 24.5. The summed E-state index contributed by atoms with van der Waals surface area (Å²) in [6, 6.07) is 8.22. The highest BCUT2D eigenvalue weighted by Crippen LogP contribution is 2.69. The lowest BCUT2D eigenvalue weighted by Gasteiger charge is -2.02. The molecule has 0 unspecified atom stereocenters. The topological polar surface area (TPSA) is 28.7 Å². The van der Waals surface area contributed by atoms with Gasteiger partial charge in [-0.05, 0) is 42.9 Å². The van der Waals surface area contributed by atoms with Crippen molar-refractivity contribution in [3.63, 3.8) is 0 Å². The van der Waals surface area contributed by atoms with Crippen LogP contribution in [-0.2, 0) is 0 Å². The van der Waals surface area contributed by atoms with E-state index in [0.717, 1.165) is 10.8 Å². The van der Waals surface area contributed by atoms with Gasteiger partial charge in [-0.15, -0.1) is 0 Å². The molecule has 1 saturated carbocycles. The molecule has 1 N–H and O–H groups in total. The molecule has 0 amide bonds. The Bertz CT molecular complexity index is 627. The third kappa shape index (κ3) is 1.99. The van der Waals surface area contributed by atoms with Gasteiger partial charge in [0.1, 0.15) is 5.82 Å². The van der Waals surface area contributed by atoms with Gasteiger partial charge in [-0.25, -0.2) is 4.98 Å². The Morgan fingerprint density at radius 3 is 2.53 bits per heavy atom. The summed E-state index contributed by atoms with van der Waals surface area (Å²) in [6.45, 7) is 8.75. The minimum Gasteiger partial charge on any atom is -0.346 e. The molecule has 0 bridgehead atoms. The van der Waals surface area contributed by atoms with Gasteiger partial charge in [-0.2, -0.15) is 0 Å². The Morgan fingerprint density at radius 2 is 1.95 bits per heavy atom. The first-order valence-corrected chi connectivity index (χ1v) is 7.07. The van der Waals surface area contributed by atoms with Gasteiger partial charge >= 0.3 is 0 Å². The number of imidazole rings is 1. The SMILES string of the molecule is Cc1nc([C@@H]2[C@@H](c3cccc(Cl)c3)C2(C)C)c(C)[nH]1. The summed E-state index contributed by atoms with van der Waals surface area (Å²) in [5, 5.41) is 0.814. The first-order chi connectivity index (χ1) is 8.91. The van der Waals surface area contributed by atoms with Crippen molar-refractivity contribution in [1.29, 1.82) is 0 Å². The monoisotopic (exact) mass is 274 g/mol. The minimum absolute atomic E-state index is 0.247. The number of aromatic nitrogens is 2. The van der Waals surface area contributed by atoms with E-state index in [9.17, 15) is 0 Å². The molecule has 0 saturated heterocycles. The third-order valence-electron chi connectivity index (χ3n) is 4.37. The summed E-state index contributed by atoms with van der Waals surface area (Å²) < 4.78 is 0. The second-order valence-electron chi connectivity index (χ2n) is 6.16. The second-order valence-corrected chi connectivity index (χ2v) is 6.60. The fourth-order valence-electron chi connectivity index (χ4n) is 3.40. The standard InChI is InChI=1S/C16H19ClN2/c1-9-15(19-10(2)18-9)14-13(16(14,3)4)11-6-5-7-12(17)8-11/h5-8,13-14H,1-4H3,(H,18,19)/t13-,14+/m1/s1. The van der Waals surface area contributed by atoms with Crippen LogP contribution in [0.2, 0.25) is 5.02 Å². The molecule has 0 spiro atoms. The highest BCUT2D eigenvalue weighted by Gasteiger charge is 2.60. The quantitative estimate of drug-likeness (QED) is 0.853. The largest absolute Gasteiger partial charge is 0.346 e. The van der Waals surface area contributed by atoms with Gasteiger partial charge in [-0.3, -0.25) is 0 Å². The van der Waals surface area contributed by atoms with Crippen molar-refractivity contribution in [2.75, 3.05) is 0 Å². The van der Waals surface area contributed by atoms with Gasteiger partial charge < -0.3 is 4.98 Å². The van der Waals surface area contributed by atoms with E-state index in [1.54, 1.807) is 0 Å². The van der Waals surface area contributed by atoms with E-state index in [1.807, 2.05) is 19.1 Å². The maximum atomic E-state index is 6.12. The maximum Gasteiger partial charge on any atom is 0.103 e. The van der Waals surface area contributed by atoms with Crippen molar-refractivity contribution in [2.45, 2.75) is 39.5 Å². The lowest BCUT2D eigenvalue weighted by Crippen LogP contribution is -1.92. The Hall–Kier alpha value is -1.28. The molecule has 100 valence electrons. The van der Waals surface area contributed by atoms with Gasteiger partial charge in [0.2, 0.25) is 0 Å².